The zero-order valence-corrected chi connectivity index (χ0v) is 39.5. The normalized spacial score (nSPS) is 21.7. The Labute approximate surface area is 382 Å². The molecule has 366 valence electrons. The van der Waals surface area contributed by atoms with Crippen LogP contribution in [0.1, 0.15) is 194 Å². The maximum Gasteiger partial charge on any atom is 0.249 e. The van der Waals surface area contributed by atoms with Crippen LogP contribution in [0.25, 0.3) is 0 Å². The van der Waals surface area contributed by atoms with Gasteiger partial charge in [-0.3, -0.25) is 4.79 Å². The summed E-state index contributed by atoms with van der Waals surface area (Å²) >= 11 is 0. The molecule has 0 aromatic heterocycles. The summed E-state index contributed by atoms with van der Waals surface area (Å²) < 4.78 is 11.1. The molecule has 1 amide bonds. The van der Waals surface area contributed by atoms with Gasteiger partial charge in [0.05, 0.1) is 25.4 Å². The molecule has 11 heteroatoms. The van der Waals surface area contributed by atoms with Crippen molar-refractivity contribution < 1.29 is 50.0 Å². The van der Waals surface area contributed by atoms with Crippen LogP contribution in [0.5, 0.6) is 0 Å². The van der Waals surface area contributed by atoms with Crippen LogP contribution in [0.4, 0.5) is 0 Å². The quantitative estimate of drug-likeness (QED) is 0.0217. The molecule has 1 heterocycles. The maximum absolute atomic E-state index is 13.1. The second-order valence-corrected chi connectivity index (χ2v) is 17.5. The number of aliphatic hydroxyl groups is 7. The smallest absolute Gasteiger partial charge is 0.249 e. The molecular formula is C52H93NO10. The number of allylic oxidation sites excluding steroid dienone is 10. The Morgan fingerprint density at radius 2 is 1.06 bits per heavy atom. The van der Waals surface area contributed by atoms with E-state index in [9.17, 15) is 40.5 Å². The highest BCUT2D eigenvalue weighted by molar-refractivity contribution is 5.80. The molecule has 1 saturated heterocycles. The molecule has 63 heavy (non-hydrogen) atoms. The number of nitrogens with one attached hydrogen (secondary N) is 1. The van der Waals surface area contributed by atoms with Crippen LogP contribution in [-0.2, 0) is 14.3 Å². The molecule has 1 aliphatic rings. The minimum Gasteiger partial charge on any atom is -0.394 e. The van der Waals surface area contributed by atoms with Crippen molar-refractivity contribution in [2.24, 2.45) is 0 Å². The second kappa shape index (κ2) is 41.3. The molecule has 1 aliphatic heterocycles. The fraction of sp³-hybridized carbons (Fsp3) is 0.788. The van der Waals surface area contributed by atoms with E-state index in [0.717, 1.165) is 64.2 Å². The second-order valence-electron chi connectivity index (χ2n) is 17.5. The van der Waals surface area contributed by atoms with E-state index in [-0.39, 0.29) is 12.8 Å². The third-order valence-corrected chi connectivity index (χ3v) is 11.8. The van der Waals surface area contributed by atoms with Gasteiger partial charge in [0.1, 0.15) is 36.6 Å². The minimum absolute atomic E-state index is 0.236. The first-order valence-electron chi connectivity index (χ1n) is 25.2. The fourth-order valence-electron chi connectivity index (χ4n) is 7.69. The number of hydrogen-bond donors (Lipinski definition) is 8. The molecule has 0 saturated carbocycles. The molecule has 0 spiro atoms. The van der Waals surface area contributed by atoms with Crippen LogP contribution in [0.15, 0.2) is 60.8 Å². The third kappa shape index (κ3) is 30.6. The van der Waals surface area contributed by atoms with Crippen LogP contribution in [0, 0.1) is 0 Å². The van der Waals surface area contributed by atoms with Gasteiger partial charge >= 0.3 is 0 Å². The predicted molar refractivity (Wildman–Crippen MR) is 256 cm³/mol. The largest absolute Gasteiger partial charge is 0.394 e. The highest BCUT2D eigenvalue weighted by Crippen LogP contribution is 2.23. The summed E-state index contributed by atoms with van der Waals surface area (Å²) in [5.74, 6) is -0.721. The lowest BCUT2D eigenvalue weighted by Crippen LogP contribution is -2.60. The van der Waals surface area contributed by atoms with Gasteiger partial charge in [-0.15, -0.1) is 0 Å². The number of aliphatic hydroxyl groups excluding tert-OH is 7. The SMILES string of the molecule is C/C=C/CC/C=C/CC/C=C/CCCC(O)C(O)C(COC1OC(CO)C(O)C(O)C1O)NC(=O)C(O)CCCCCCCCCC/C=C\C/C=C\CCCCCCCCCCC. The molecule has 11 nitrogen and oxygen atoms in total. The third-order valence-electron chi connectivity index (χ3n) is 11.8. The minimum atomic E-state index is -1.68. The number of amides is 1. The van der Waals surface area contributed by atoms with Gasteiger partial charge in [-0.1, -0.05) is 164 Å². The van der Waals surface area contributed by atoms with Crippen LogP contribution < -0.4 is 5.32 Å². The summed E-state index contributed by atoms with van der Waals surface area (Å²) in [7, 11) is 0. The molecule has 0 radical (unpaired) electrons. The van der Waals surface area contributed by atoms with Crippen molar-refractivity contribution >= 4 is 5.91 Å². The topological polar surface area (TPSA) is 189 Å². The molecule has 0 bridgehead atoms. The average Bonchev–Trinajstić information content (AvgIpc) is 3.28. The van der Waals surface area contributed by atoms with E-state index in [1.54, 1.807) is 0 Å². The Balaban J connectivity index is 2.37. The zero-order chi connectivity index (χ0) is 46.2. The standard InChI is InChI=1S/C52H93NO10/c1-3-5-7-9-11-13-15-17-18-19-20-21-22-23-24-25-26-27-28-30-32-34-36-38-40-45(56)51(61)53-43(42-62-52-50(60)49(59)48(58)46(41-54)63-52)47(57)44(55)39-37-35-33-31-29-16-14-12-10-8-6-4-2/h4,6,12,14,20-21,23-24,31,33,43-50,52,54-60H,3,5,7-11,13,15-19,22,25-30,32,34-42H2,1-2H3,(H,53,61)/b6-4+,14-12+,21-20-,24-23-,33-31+. The van der Waals surface area contributed by atoms with Gasteiger partial charge in [0.15, 0.2) is 6.29 Å². The van der Waals surface area contributed by atoms with E-state index in [0.29, 0.717) is 19.3 Å². The predicted octanol–water partition coefficient (Wildman–Crippen LogP) is 9.11. The Hall–Kier alpha value is -2.19. The molecule has 0 aromatic rings. The van der Waals surface area contributed by atoms with Crippen molar-refractivity contribution in [2.75, 3.05) is 13.2 Å². The Bertz CT molecular complexity index is 1210. The van der Waals surface area contributed by atoms with Crippen molar-refractivity contribution in [3.63, 3.8) is 0 Å². The number of unbranched alkanes of at least 4 members (excludes halogenated alkanes) is 20. The number of rotatable bonds is 41. The van der Waals surface area contributed by atoms with Crippen molar-refractivity contribution in [1.29, 1.82) is 0 Å². The van der Waals surface area contributed by atoms with Crippen molar-refractivity contribution in [2.45, 2.75) is 249 Å². The molecule has 0 aromatic carbocycles. The van der Waals surface area contributed by atoms with Crippen molar-refractivity contribution in [1.82, 2.24) is 5.32 Å². The van der Waals surface area contributed by atoms with E-state index < -0.39 is 74.2 Å². The number of carbonyl (C=O) groups excluding carboxylic acids is 1. The summed E-state index contributed by atoms with van der Waals surface area (Å²) in [6.07, 6.45) is 40.1. The molecule has 9 atom stereocenters. The first kappa shape index (κ1) is 58.8. The first-order chi connectivity index (χ1) is 30.7. The molecule has 8 N–H and O–H groups in total. The summed E-state index contributed by atoms with van der Waals surface area (Å²) in [4.78, 5) is 13.1. The fourth-order valence-corrected chi connectivity index (χ4v) is 7.69. The van der Waals surface area contributed by atoms with Gasteiger partial charge in [0.25, 0.3) is 0 Å². The Kier molecular flexibility index (Phi) is 38.5. The van der Waals surface area contributed by atoms with Gasteiger partial charge in [-0.2, -0.15) is 0 Å². The lowest BCUT2D eigenvalue weighted by atomic mass is 9.98. The summed E-state index contributed by atoms with van der Waals surface area (Å²) in [6, 6.07) is -1.20. The van der Waals surface area contributed by atoms with E-state index in [1.165, 1.54) is 83.5 Å². The van der Waals surface area contributed by atoms with Gasteiger partial charge in [-0.25, -0.2) is 0 Å². The van der Waals surface area contributed by atoms with Gasteiger partial charge in [0.2, 0.25) is 5.91 Å². The summed E-state index contributed by atoms with van der Waals surface area (Å²) in [6.45, 7) is 3.19. The Morgan fingerprint density at radius 3 is 1.60 bits per heavy atom. The van der Waals surface area contributed by atoms with E-state index in [1.807, 2.05) is 13.0 Å². The van der Waals surface area contributed by atoms with Gasteiger partial charge in [-0.05, 0) is 90.4 Å². The van der Waals surface area contributed by atoms with Crippen LogP contribution in [0.3, 0.4) is 0 Å². The van der Waals surface area contributed by atoms with Crippen molar-refractivity contribution in [3.05, 3.63) is 60.8 Å². The maximum atomic E-state index is 13.1. The lowest BCUT2D eigenvalue weighted by Gasteiger charge is -2.40. The van der Waals surface area contributed by atoms with Gasteiger partial charge in [0, 0.05) is 0 Å². The molecule has 1 rings (SSSR count). The summed E-state index contributed by atoms with van der Waals surface area (Å²) in [5, 5.41) is 75.7. The van der Waals surface area contributed by atoms with E-state index in [4.69, 9.17) is 9.47 Å². The monoisotopic (exact) mass is 892 g/mol. The van der Waals surface area contributed by atoms with Crippen LogP contribution >= 0.6 is 0 Å². The summed E-state index contributed by atoms with van der Waals surface area (Å²) in [5.41, 5.74) is 0. The first-order valence-corrected chi connectivity index (χ1v) is 25.2. The van der Waals surface area contributed by atoms with Crippen LogP contribution in [0.2, 0.25) is 0 Å². The highest BCUT2D eigenvalue weighted by Gasteiger charge is 2.44. The van der Waals surface area contributed by atoms with E-state index in [2.05, 4.69) is 66.9 Å². The Morgan fingerprint density at radius 1 is 0.587 bits per heavy atom. The lowest BCUT2D eigenvalue weighted by molar-refractivity contribution is -0.303. The molecule has 9 unspecified atom stereocenters. The van der Waals surface area contributed by atoms with Gasteiger partial charge < -0.3 is 50.5 Å². The molecule has 1 fully saturated rings. The number of hydrogen-bond acceptors (Lipinski definition) is 10. The highest BCUT2D eigenvalue weighted by atomic mass is 16.7. The average molecular weight is 892 g/mol. The zero-order valence-electron chi connectivity index (χ0n) is 39.5. The van der Waals surface area contributed by atoms with Crippen LogP contribution in [-0.4, -0.2) is 110 Å². The number of ether oxygens (including phenoxy) is 2. The van der Waals surface area contributed by atoms with Crippen molar-refractivity contribution in [3.8, 4) is 0 Å². The molecule has 0 aliphatic carbocycles. The number of carbonyl (C=O) groups is 1. The van der Waals surface area contributed by atoms with E-state index >= 15 is 0 Å². The molecular weight excluding hydrogens is 799 g/mol.